The number of alkyl carbamates (subject to hydrolysis) is 1. The maximum atomic E-state index is 12.7. The quantitative estimate of drug-likeness (QED) is 0.510. The number of nitrogens with one attached hydrogen (secondary N) is 2. The summed E-state index contributed by atoms with van der Waals surface area (Å²) in [5.41, 5.74) is 4.61. The van der Waals surface area contributed by atoms with Gasteiger partial charge in [0.1, 0.15) is 18.8 Å². The molecule has 2 aromatic rings. The van der Waals surface area contributed by atoms with Crippen LogP contribution < -0.4 is 10.6 Å². The van der Waals surface area contributed by atoms with Crippen LogP contribution in [0, 0.1) is 11.8 Å². The molecule has 2 fully saturated rings. The Morgan fingerprint density at radius 2 is 1.66 bits per heavy atom. The fourth-order valence-electron chi connectivity index (χ4n) is 5.16. The van der Waals surface area contributed by atoms with Gasteiger partial charge in [0, 0.05) is 25.0 Å². The van der Waals surface area contributed by atoms with Gasteiger partial charge in [-0.15, -0.1) is 0 Å². The standard InChI is InChI=1S/C27H30N2O6/c30-25(29-23(26(31)32)13-16-9-10-16)24-17(11-12-34-24)14-28-27(33)35-15-22-20-7-3-1-5-18(20)19-6-2-4-8-21(19)22/h1-8,16-17,22-24H,9-15H2,(H,28,33)(H,29,30)(H,31,32)/t17-,23?,24-/m1/s1. The number of fused-ring (bicyclic) bond motifs is 3. The number of rotatable bonds is 9. The Labute approximate surface area is 204 Å². The van der Waals surface area contributed by atoms with E-state index < -0.39 is 30.1 Å². The number of carboxylic acid groups (broad SMARTS) is 1. The van der Waals surface area contributed by atoms with Crippen molar-refractivity contribution >= 4 is 18.0 Å². The molecule has 5 rings (SSSR count). The van der Waals surface area contributed by atoms with Crippen molar-refractivity contribution < 1.29 is 29.0 Å². The van der Waals surface area contributed by atoms with Crippen LogP contribution in [-0.2, 0) is 19.1 Å². The maximum Gasteiger partial charge on any atom is 0.407 e. The molecule has 3 N–H and O–H groups in total. The molecule has 1 unspecified atom stereocenters. The monoisotopic (exact) mass is 478 g/mol. The molecule has 0 spiro atoms. The van der Waals surface area contributed by atoms with E-state index in [0.717, 1.165) is 35.1 Å². The number of hydrogen-bond acceptors (Lipinski definition) is 5. The fourth-order valence-corrected chi connectivity index (χ4v) is 5.16. The number of ether oxygens (including phenoxy) is 2. The molecule has 1 heterocycles. The molecule has 1 saturated carbocycles. The van der Waals surface area contributed by atoms with Crippen molar-refractivity contribution in [1.82, 2.24) is 10.6 Å². The third kappa shape index (κ3) is 5.17. The van der Waals surface area contributed by atoms with E-state index in [1.165, 1.54) is 0 Å². The van der Waals surface area contributed by atoms with Crippen LogP contribution >= 0.6 is 0 Å². The lowest BCUT2D eigenvalue weighted by Gasteiger charge is -2.21. The highest BCUT2D eigenvalue weighted by Crippen LogP contribution is 2.44. The summed E-state index contributed by atoms with van der Waals surface area (Å²) < 4.78 is 11.2. The molecule has 2 aromatic carbocycles. The summed E-state index contributed by atoms with van der Waals surface area (Å²) in [6, 6.07) is 15.4. The van der Waals surface area contributed by atoms with E-state index in [1.54, 1.807) is 0 Å². The highest BCUT2D eigenvalue weighted by atomic mass is 16.5. The zero-order valence-corrected chi connectivity index (χ0v) is 19.4. The first-order valence-corrected chi connectivity index (χ1v) is 12.2. The number of carbonyl (C=O) groups is 3. The van der Waals surface area contributed by atoms with Gasteiger partial charge in [0.05, 0.1) is 0 Å². The number of carboxylic acids is 1. The van der Waals surface area contributed by atoms with E-state index in [9.17, 15) is 19.5 Å². The lowest BCUT2D eigenvalue weighted by molar-refractivity contribution is -0.144. The van der Waals surface area contributed by atoms with E-state index in [-0.39, 0.29) is 25.0 Å². The van der Waals surface area contributed by atoms with E-state index in [2.05, 4.69) is 34.9 Å². The second-order valence-electron chi connectivity index (χ2n) is 9.63. The molecule has 1 saturated heterocycles. The minimum absolute atomic E-state index is 0.0269. The van der Waals surface area contributed by atoms with E-state index in [4.69, 9.17) is 9.47 Å². The Hall–Kier alpha value is -3.39. The SMILES string of the molecule is O=C(NC[C@H]1CCO[C@H]1C(=O)NC(CC1CC1)C(=O)O)OCC1c2ccccc2-c2ccccc21. The summed E-state index contributed by atoms with van der Waals surface area (Å²) in [6.07, 6.45) is 1.72. The average Bonchev–Trinajstić information content (AvgIpc) is 3.45. The fraction of sp³-hybridized carbons (Fsp3) is 0.444. The largest absolute Gasteiger partial charge is 0.480 e. The molecule has 0 aromatic heterocycles. The van der Waals surface area contributed by atoms with Crippen LogP contribution in [0.4, 0.5) is 4.79 Å². The number of carbonyl (C=O) groups excluding carboxylic acids is 2. The normalized spacial score (nSPS) is 21.6. The van der Waals surface area contributed by atoms with Crippen molar-refractivity contribution in [2.45, 2.75) is 43.7 Å². The van der Waals surface area contributed by atoms with Gasteiger partial charge < -0.3 is 25.2 Å². The highest BCUT2D eigenvalue weighted by Gasteiger charge is 2.38. The Balaban J connectivity index is 1.13. The molecule has 184 valence electrons. The van der Waals surface area contributed by atoms with Crippen LogP contribution in [0.3, 0.4) is 0 Å². The highest BCUT2D eigenvalue weighted by molar-refractivity contribution is 5.87. The predicted octanol–water partition coefficient (Wildman–Crippen LogP) is 3.30. The Bertz CT molecular complexity index is 1070. The van der Waals surface area contributed by atoms with Crippen LogP contribution in [0.2, 0.25) is 0 Å². The molecule has 0 bridgehead atoms. The van der Waals surface area contributed by atoms with Gasteiger partial charge in [0.15, 0.2) is 0 Å². The molecule has 2 aliphatic carbocycles. The van der Waals surface area contributed by atoms with Gasteiger partial charge in [-0.2, -0.15) is 0 Å². The van der Waals surface area contributed by atoms with Crippen molar-refractivity contribution in [2.75, 3.05) is 19.8 Å². The number of hydrogen-bond donors (Lipinski definition) is 3. The van der Waals surface area contributed by atoms with Gasteiger partial charge in [-0.1, -0.05) is 61.4 Å². The predicted molar refractivity (Wildman–Crippen MR) is 128 cm³/mol. The van der Waals surface area contributed by atoms with Crippen LogP contribution in [0.25, 0.3) is 11.1 Å². The van der Waals surface area contributed by atoms with Crippen LogP contribution in [0.1, 0.15) is 42.7 Å². The topological polar surface area (TPSA) is 114 Å². The van der Waals surface area contributed by atoms with Crippen molar-refractivity contribution in [3.8, 4) is 11.1 Å². The first kappa shape index (κ1) is 23.4. The molecule has 8 nitrogen and oxygen atoms in total. The smallest absolute Gasteiger partial charge is 0.407 e. The molecule has 2 amide bonds. The number of benzene rings is 2. The van der Waals surface area contributed by atoms with Crippen LogP contribution in [0.5, 0.6) is 0 Å². The second-order valence-corrected chi connectivity index (χ2v) is 9.63. The zero-order chi connectivity index (χ0) is 24.4. The van der Waals surface area contributed by atoms with Gasteiger partial charge >= 0.3 is 12.1 Å². The second kappa shape index (κ2) is 10.1. The Morgan fingerprint density at radius 3 is 2.29 bits per heavy atom. The molecule has 8 heteroatoms. The summed E-state index contributed by atoms with van der Waals surface area (Å²) in [7, 11) is 0. The minimum atomic E-state index is -1.03. The third-order valence-corrected chi connectivity index (χ3v) is 7.21. The van der Waals surface area contributed by atoms with E-state index in [1.807, 2.05) is 24.3 Å². The summed E-state index contributed by atoms with van der Waals surface area (Å²) >= 11 is 0. The van der Waals surface area contributed by atoms with Crippen molar-refractivity contribution in [3.63, 3.8) is 0 Å². The van der Waals surface area contributed by atoms with Gasteiger partial charge in [-0.3, -0.25) is 4.79 Å². The van der Waals surface area contributed by atoms with Gasteiger partial charge in [-0.05, 0) is 41.0 Å². The number of aliphatic carboxylic acids is 1. The Morgan fingerprint density at radius 1 is 1.00 bits per heavy atom. The maximum absolute atomic E-state index is 12.7. The summed E-state index contributed by atoms with van der Waals surface area (Å²) in [4.78, 5) is 36.7. The Kier molecular flexibility index (Phi) is 6.72. The first-order chi connectivity index (χ1) is 17.0. The lowest BCUT2D eigenvalue weighted by Crippen LogP contribution is -2.48. The van der Waals surface area contributed by atoms with Gasteiger partial charge in [0.25, 0.3) is 0 Å². The van der Waals surface area contributed by atoms with Gasteiger partial charge in [-0.25, -0.2) is 9.59 Å². The lowest BCUT2D eigenvalue weighted by atomic mass is 9.98. The molecular weight excluding hydrogens is 448 g/mol. The van der Waals surface area contributed by atoms with E-state index >= 15 is 0 Å². The number of amides is 2. The molecule has 3 aliphatic rings. The zero-order valence-electron chi connectivity index (χ0n) is 19.4. The molecule has 35 heavy (non-hydrogen) atoms. The third-order valence-electron chi connectivity index (χ3n) is 7.21. The molecule has 1 aliphatic heterocycles. The summed E-state index contributed by atoms with van der Waals surface area (Å²) in [6.45, 7) is 0.816. The summed E-state index contributed by atoms with van der Waals surface area (Å²) in [5, 5.41) is 14.8. The van der Waals surface area contributed by atoms with Crippen LogP contribution in [-0.4, -0.2) is 55.0 Å². The van der Waals surface area contributed by atoms with E-state index in [0.29, 0.717) is 25.4 Å². The summed E-state index contributed by atoms with van der Waals surface area (Å²) in [5.74, 6) is -1.37. The minimum Gasteiger partial charge on any atom is -0.480 e. The van der Waals surface area contributed by atoms with Gasteiger partial charge in [0.2, 0.25) is 5.91 Å². The van der Waals surface area contributed by atoms with Crippen molar-refractivity contribution in [1.29, 1.82) is 0 Å². The van der Waals surface area contributed by atoms with Crippen molar-refractivity contribution in [2.24, 2.45) is 11.8 Å². The average molecular weight is 479 g/mol. The van der Waals surface area contributed by atoms with Crippen molar-refractivity contribution in [3.05, 3.63) is 59.7 Å². The molecular formula is C27H30N2O6. The molecule has 0 radical (unpaired) electrons. The van der Waals surface area contributed by atoms with Crippen LogP contribution in [0.15, 0.2) is 48.5 Å². The first-order valence-electron chi connectivity index (χ1n) is 12.2. The molecule has 3 atom stereocenters.